The molecule has 1 aromatic rings. The first-order valence-electron chi connectivity index (χ1n) is 2.33. The summed E-state index contributed by atoms with van der Waals surface area (Å²) >= 11 is 0. The van der Waals surface area contributed by atoms with Crippen molar-refractivity contribution in [2.75, 3.05) is 6.26 Å². The van der Waals surface area contributed by atoms with Crippen molar-refractivity contribution >= 4 is 10.6 Å². The van der Waals surface area contributed by atoms with E-state index in [1.807, 2.05) is 0 Å². The highest BCUT2D eigenvalue weighted by molar-refractivity contribution is 8.23. The normalized spacial score (nSPS) is 13.7. The summed E-state index contributed by atoms with van der Waals surface area (Å²) in [6.45, 7) is 0. The van der Waals surface area contributed by atoms with Crippen LogP contribution in [0.3, 0.4) is 0 Å². The first kappa shape index (κ1) is 6.60. The second-order valence-corrected chi connectivity index (χ2v) is 3.86. The summed E-state index contributed by atoms with van der Waals surface area (Å²) in [7, 11) is -2.58. The van der Waals surface area contributed by atoms with Crippen molar-refractivity contribution in [2.24, 2.45) is 0 Å². The van der Waals surface area contributed by atoms with E-state index in [2.05, 4.69) is 10.2 Å². The van der Waals surface area contributed by atoms with Gasteiger partial charge in [-0.25, -0.2) is 0 Å². The molecule has 52 valence electrons. The summed E-state index contributed by atoms with van der Waals surface area (Å²) in [5.74, 6) is 0. The monoisotopic (exact) mass is 148 g/mol. The molecule has 0 saturated heterocycles. The maximum Gasteiger partial charge on any atom is 0.142 e. The van der Waals surface area contributed by atoms with Gasteiger partial charge in [0.25, 0.3) is 0 Å². The minimum Gasteiger partial charge on any atom is -0.294 e. The summed E-state index contributed by atoms with van der Waals surface area (Å²) in [5, 5.41) is 6.41. The Labute approximate surface area is 54.3 Å². The van der Waals surface area contributed by atoms with E-state index in [0.717, 1.165) is 0 Å². The van der Waals surface area contributed by atoms with Crippen molar-refractivity contribution in [3.63, 3.8) is 0 Å². The summed E-state index contributed by atoms with van der Waals surface area (Å²) < 4.78 is 17.9. The Morgan fingerprint density at radius 3 is 2.56 bits per heavy atom. The van der Waals surface area contributed by atoms with Gasteiger partial charge in [0.2, 0.25) is 0 Å². The molecule has 0 atom stereocenters. The maximum atomic E-state index is 8.95. The number of nitrogens with zero attached hydrogens (tertiary/aromatic N) is 1. The van der Waals surface area contributed by atoms with Gasteiger partial charge in [-0.05, 0) is 6.07 Å². The van der Waals surface area contributed by atoms with Crippen molar-refractivity contribution in [1.82, 2.24) is 10.2 Å². The van der Waals surface area contributed by atoms with E-state index < -0.39 is 10.6 Å². The van der Waals surface area contributed by atoms with Gasteiger partial charge in [-0.2, -0.15) is 15.7 Å². The standard InChI is InChI=1S/C4H8N2O2S/c1-9(7,8)4-2-3-5-6-4/h2-3,7-8H,1H3,(H,5,6). The first-order chi connectivity index (χ1) is 4.11. The van der Waals surface area contributed by atoms with E-state index in [0.29, 0.717) is 5.03 Å². The van der Waals surface area contributed by atoms with Crippen LogP contribution in [0, 0.1) is 0 Å². The van der Waals surface area contributed by atoms with Gasteiger partial charge in [0.05, 0.1) is 6.20 Å². The lowest BCUT2D eigenvalue weighted by molar-refractivity contribution is 0.490. The van der Waals surface area contributed by atoms with Gasteiger partial charge in [0.15, 0.2) is 0 Å². The number of hydrogen-bond acceptors (Lipinski definition) is 3. The van der Waals surface area contributed by atoms with Gasteiger partial charge in [-0.1, -0.05) is 0 Å². The Morgan fingerprint density at radius 2 is 2.33 bits per heavy atom. The molecule has 0 aliphatic heterocycles. The Hall–Kier alpha value is -0.520. The fourth-order valence-electron chi connectivity index (χ4n) is 0.458. The van der Waals surface area contributed by atoms with Gasteiger partial charge < -0.3 is 0 Å². The van der Waals surface area contributed by atoms with E-state index in [1.54, 1.807) is 0 Å². The summed E-state index contributed by atoms with van der Waals surface area (Å²) in [6.07, 6.45) is 2.83. The van der Waals surface area contributed by atoms with Gasteiger partial charge >= 0.3 is 0 Å². The average Bonchev–Trinajstić information content (AvgIpc) is 2.08. The van der Waals surface area contributed by atoms with Crippen LogP contribution in [0.2, 0.25) is 0 Å². The van der Waals surface area contributed by atoms with E-state index in [9.17, 15) is 0 Å². The molecule has 9 heavy (non-hydrogen) atoms. The third kappa shape index (κ3) is 1.44. The van der Waals surface area contributed by atoms with Crippen LogP contribution in [-0.4, -0.2) is 25.6 Å². The van der Waals surface area contributed by atoms with Crippen molar-refractivity contribution in [3.8, 4) is 0 Å². The number of H-pyrrole nitrogens is 1. The molecule has 0 aromatic carbocycles. The second kappa shape index (κ2) is 2.02. The molecule has 0 bridgehead atoms. The smallest absolute Gasteiger partial charge is 0.142 e. The molecule has 0 amide bonds. The largest absolute Gasteiger partial charge is 0.294 e. The van der Waals surface area contributed by atoms with E-state index in [1.165, 1.54) is 18.5 Å². The molecule has 1 aromatic heterocycles. The van der Waals surface area contributed by atoms with Gasteiger partial charge in [0.1, 0.15) is 5.03 Å². The molecule has 0 unspecified atom stereocenters. The average molecular weight is 148 g/mol. The van der Waals surface area contributed by atoms with Crippen LogP contribution in [0.5, 0.6) is 0 Å². The molecule has 5 heteroatoms. The van der Waals surface area contributed by atoms with Crippen molar-refractivity contribution in [1.29, 1.82) is 0 Å². The van der Waals surface area contributed by atoms with Gasteiger partial charge in [-0.15, -0.1) is 0 Å². The molecule has 0 saturated carbocycles. The van der Waals surface area contributed by atoms with Crippen LogP contribution in [0.4, 0.5) is 0 Å². The predicted octanol–water partition coefficient (Wildman–Crippen LogP) is 1.15. The summed E-state index contributed by atoms with van der Waals surface area (Å²) in [5.41, 5.74) is 0. The van der Waals surface area contributed by atoms with Crippen LogP contribution in [0.25, 0.3) is 0 Å². The highest BCUT2D eigenvalue weighted by atomic mass is 32.3. The lowest BCUT2D eigenvalue weighted by Crippen LogP contribution is -1.94. The molecule has 0 radical (unpaired) electrons. The van der Waals surface area contributed by atoms with E-state index in [4.69, 9.17) is 9.11 Å². The zero-order valence-electron chi connectivity index (χ0n) is 4.90. The molecular weight excluding hydrogens is 140 g/mol. The SMILES string of the molecule is CS(O)(O)c1ccn[nH]1. The highest BCUT2D eigenvalue weighted by Crippen LogP contribution is 2.41. The van der Waals surface area contributed by atoms with E-state index >= 15 is 0 Å². The minimum absolute atomic E-state index is 0.377. The van der Waals surface area contributed by atoms with Gasteiger partial charge in [-0.3, -0.25) is 14.2 Å². The number of nitrogens with one attached hydrogen (secondary N) is 1. The number of rotatable bonds is 1. The topological polar surface area (TPSA) is 69.1 Å². The number of hydrogen-bond donors (Lipinski definition) is 3. The lowest BCUT2D eigenvalue weighted by Gasteiger charge is -2.23. The third-order valence-electron chi connectivity index (χ3n) is 0.892. The van der Waals surface area contributed by atoms with Crippen LogP contribution in [-0.2, 0) is 0 Å². The van der Waals surface area contributed by atoms with Crippen LogP contribution < -0.4 is 0 Å². The molecule has 0 spiro atoms. The lowest BCUT2D eigenvalue weighted by atomic mass is 10.8. The number of aromatic amines is 1. The summed E-state index contributed by atoms with van der Waals surface area (Å²) in [4.78, 5) is 0. The zero-order chi connectivity index (χ0) is 6.91. The fourth-order valence-corrected chi connectivity index (χ4v) is 1.00. The highest BCUT2D eigenvalue weighted by Gasteiger charge is 2.07. The molecule has 0 aliphatic carbocycles. The Kier molecular flexibility index (Phi) is 1.48. The van der Waals surface area contributed by atoms with Crippen LogP contribution in [0.15, 0.2) is 17.3 Å². The van der Waals surface area contributed by atoms with Crippen molar-refractivity contribution < 1.29 is 9.11 Å². The molecule has 1 heterocycles. The molecule has 4 nitrogen and oxygen atoms in total. The zero-order valence-corrected chi connectivity index (χ0v) is 5.72. The molecule has 0 aliphatic rings. The second-order valence-electron chi connectivity index (χ2n) is 1.75. The Bertz CT molecular complexity index is 179. The molecular formula is C4H8N2O2S. The first-order valence-corrected chi connectivity index (χ1v) is 4.29. The molecule has 1 rings (SSSR count). The fraction of sp³-hybridized carbons (Fsp3) is 0.250. The molecule has 3 N–H and O–H groups in total. The maximum absolute atomic E-state index is 8.95. The quantitative estimate of drug-likeness (QED) is 0.559. The minimum atomic E-state index is -2.58. The number of aromatic nitrogens is 2. The molecule has 0 fully saturated rings. The van der Waals surface area contributed by atoms with Crippen molar-refractivity contribution in [3.05, 3.63) is 12.3 Å². The third-order valence-corrected chi connectivity index (χ3v) is 1.95. The predicted molar refractivity (Wildman–Crippen MR) is 35.6 cm³/mol. The van der Waals surface area contributed by atoms with E-state index in [-0.39, 0.29) is 0 Å². The Morgan fingerprint density at radius 1 is 1.67 bits per heavy atom. The summed E-state index contributed by atoms with van der Waals surface area (Å²) in [6, 6.07) is 1.54. The van der Waals surface area contributed by atoms with Crippen LogP contribution >= 0.6 is 10.6 Å². The van der Waals surface area contributed by atoms with Crippen LogP contribution in [0.1, 0.15) is 0 Å². The van der Waals surface area contributed by atoms with Crippen molar-refractivity contribution in [2.45, 2.75) is 5.03 Å². The van der Waals surface area contributed by atoms with Gasteiger partial charge in [0, 0.05) is 6.26 Å². The Balaban J connectivity index is 2.90.